The fraction of sp³-hybridized carbons (Fsp3) is 0.889. The second-order valence-corrected chi connectivity index (χ2v) is 3.55. The van der Waals surface area contributed by atoms with Crippen molar-refractivity contribution >= 4 is 18.3 Å². The Labute approximate surface area is 91.0 Å². The van der Waals surface area contributed by atoms with Crippen molar-refractivity contribution in [2.24, 2.45) is 11.7 Å². The van der Waals surface area contributed by atoms with E-state index in [-0.39, 0.29) is 30.3 Å². The molecule has 0 bridgehead atoms. The Morgan fingerprint density at radius 2 is 2.29 bits per heavy atom. The standard InChI is InChI=1S/C9H18N2O2.ClH/c1-13-5-4-11-9(12)7-2-3-8(10)6-7;/h7-8H,2-6,10H2,1H3,(H,11,12);1H/t7-,8+;/m1./s1. The SMILES string of the molecule is COCCNC(=O)[C@@H]1CC[C@H](N)C1.Cl. The van der Waals surface area contributed by atoms with Gasteiger partial charge < -0.3 is 15.8 Å². The zero-order valence-corrected chi connectivity index (χ0v) is 9.31. The molecule has 0 aliphatic heterocycles. The van der Waals surface area contributed by atoms with E-state index in [4.69, 9.17) is 10.5 Å². The molecule has 0 aromatic heterocycles. The van der Waals surface area contributed by atoms with Crippen molar-refractivity contribution < 1.29 is 9.53 Å². The average molecular weight is 223 g/mol. The van der Waals surface area contributed by atoms with Gasteiger partial charge in [-0.2, -0.15) is 0 Å². The van der Waals surface area contributed by atoms with Crippen LogP contribution < -0.4 is 11.1 Å². The number of methoxy groups -OCH3 is 1. The van der Waals surface area contributed by atoms with Crippen LogP contribution in [0, 0.1) is 5.92 Å². The fourth-order valence-electron chi connectivity index (χ4n) is 1.68. The molecule has 0 radical (unpaired) electrons. The van der Waals surface area contributed by atoms with Gasteiger partial charge in [-0.25, -0.2) is 0 Å². The number of amides is 1. The van der Waals surface area contributed by atoms with Crippen molar-refractivity contribution in [3.8, 4) is 0 Å². The lowest BCUT2D eigenvalue weighted by Crippen LogP contribution is -2.32. The van der Waals surface area contributed by atoms with Crippen molar-refractivity contribution in [1.82, 2.24) is 5.32 Å². The molecule has 1 rings (SSSR count). The summed E-state index contributed by atoms with van der Waals surface area (Å²) < 4.78 is 4.84. The Morgan fingerprint density at radius 1 is 1.57 bits per heavy atom. The van der Waals surface area contributed by atoms with Gasteiger partial charge in [-0.05, 0) is 19.3 Å². The number of halogens is 1. The number of carbonyl (C=O) groups is 1. The molecule has 0 heterocycles. The van der Waals surface area contributed by atoms with Gasteiger partial charge in [0.15, 0.2) is 0 Å². The number of carbonyl (C=O) groups excluding carboxylic acids is 1. The van der Waals surface area contributed by atoms with E-state index >= 15 is 0 Å². The van der Waals surface area contributed by atoms with E-state index in [0.29, 0.717) is 13.2 Å². The molecule has 0 aromatic carbocycles. The summed E-state index contributed by atoms with van der Waals surface area (Å²) in [6, 6.07) is 0.221. The minimum atomic E-state index is 0. The first-order chi connectivity index (χ1) is 6.24. The van der Waals surface area contributed by atoms with Crippen molar-refractivity contribution in [2.75, 3.05) is 20.3 Å². The van der Waals surface area contributed by atoms with Crippen LogP contribution in [0.1, 0.15) is 19.3 Å². The smallest absolute Gasteiger partial charge is 0.223 e. The summed E-state index contributed by atoms with van der Waals surface area (Å²) in [4.78, 5) is 11.4. The third-order valence-electron chi connectivity index (χ3n) is 2.45. The first kappa shape index (κ1) is 13.7. The summed E-state index contributed by atoms with van der Waals surface area (Å²) in [5.41, 5.74) is 5.71. The quantitative estimate of drug-likeness (QED) is 0.673. The maximum Gasteiger partial charge on any atom is 0.223 e. The van der Waals surface area contributed by atoms with E-state index in [9.17, 15) is 4.79 Å². The molecule has 84 valence electrons. The van der Waals surface area contributed by atoms with E-state index in [1.54, 1.807) is 7.11 Å². The minimum absolute atomic E-state index is 0. The summed E-state index contributed by atoms with van der Waals surface area (Å²) in [6.45, 7) is 1.17. The van der Waals surface area contributed by atoms with Crippen molar-refractivity contribution in [2.45, 2.75) is 25.3 Å². The predicted octanol–water partition coefficient (Wildman–Crippen LogP) is 0.298. The highest BCUT2D eigenvalue weighted by atomic mass is 35.5. The third kappa shape index (κ3) is 4.26. The molecule has 3 N–H and O–H groups in total. The van der Waals surface area contributed by atoms with Crippen LogP contribution in [0.15, 0.2) is 0 Å². The summed E-state index contributed by atoms with van der Waals surface area (Å²) in [7, 11) is 1.62. The van der Waals surface area contributed by atoms with Crippen LogP contribution >= 0.6 is 12.4 Å². The summed E-state index contributed by atoms with van der Waals surface area (Å²) in [5.74, 6) is 0.261. The van der Waals surface area contributed by atoms with Crippen LogP contribution in [0.2, 0.25) is 0 Å². The zero-order chi connectivity index (χ0) is 9.68. The lowest BCUT2D eigenvalue weighted by molar-refractivity contribution is -0.125. The number of nitrogens with one attached hydrogen (secondary N) is 1. The molecular weight excluding hydrogens is 204 g/mol. The molecule has 14 heavy (non-hydrogen) atoms. The second-order valence-electron chi connectivity index (χ2n) is 3.55. The lowest BCUT2D eigenvalue weighted by Gasteiger charge is -2.09. The number of ether oxygens (including phenoxy) is 1. The summed E-state index contributed by atoms with van der Waals surface area (Å²) in [5, 5.41) is 2.83. The van der Waals surface area contributed by atoms with Gasteiger partial charge in [-0.1, -0.05) is 0 Å². The Balaban J connectivity index is 0.00000169. The normalized spacial score (nSPS) is 25.6. The number of nitrogens with two attached hydrogens (primary N) is 1. The van der Waals surface area contributed by atoms with Crippen LogP contribution in [0.4, 0.5) is 0 Å². The average Bonchev–Trinajstić information content (AvgIpc) is 2.52. The monoisotopic (exact) mass is 222 g/mol. The Morgan fingerprint density at radius 3 is 2.79 bits per heavy atom. The molecule has 5 heteroatoms. The van der Waals surface area contributed by atoms with Gasteiger partial charge in [0.05, 0.1) is 6.61 Å². The van der Waals surface area contributed by atoms with Gasteiger partial charge in [0, 0.05) is 25.6 Å². The molecule has 1 fully saturated rings. The Kier molecular flexibility index (Phi) is 6.87. The van der Waals surface area contributed by atoms with E-state index < -0.39 is 0 Å². The molecule has 1 amide bonds. The minimum Gasteiger partial charge on any atom is -0.383 e. The van der Waals surface area contributed by atoms with Crippen molar-refractivity contribution in [3.63, 3.8) is 0 Å². The van der Waals surface area contributed by atoms with Gasteiger partial charge in [0.1, 0.15) is 0 Å². The molecule has 0 aromatic rings. The van der Waals surface area contributed by atoms with Gasteiger partial charge in [-0.3, -0.25) is 4.79 Å². The summed E-state index contributed by atoms with van der Waals surface area (Å²) in [6.07, 6.45) is 2.74. The zero-order valence-electron chi connectivity index (χ0n) is 8.49. The fourth-order valence-corrected chi connectivity index (χ4v) is 1.68. The molecule has 4 nitrogen and oxygen atoms in total. The van der Waals surface area contributed by atoms with Gasteiger partial charge in [-0.15, -0.1) is 12.4 Å². The molecule has 1 aliphatic rings. The highest BCUT2D eigenvalue weighted by Gasteiger charge is 2.27. The van der Waals surface area contributed by atoms with E-state index in [1.165, 1.54) is 0 Å². The van der Waals surface area contributed by atoms with E-state index in [2.05, 4.69) is 5.32 Å². The molecule has 0 saturated heterocycles. The van der Waals surface area contributed by atoms with Gasteiger partial charge in [0.2, 0.25) is 5.91 Å². The number of hydrogen-bond donors (Lipinski definition) is 2. The highest BCUT2D eigenvalue weighted by molar-refractivity contribution is 5.85. The van der Waals surface area contributed by atoms with Crippen molar-refractivity contribution in [1.29, 1.82) is 0 Å². The lowest BCUT2D eigenvalue weighted by atomic mass is 10.1. The first-order valence-corrected chi connectivity index (χ1v) is 4.76. The first-order valence-electron chi connectivity index (χ1n) is 4.76. The third-order valence-corrected chi connectivity index (χ3v) is 2.45. The molecule has 0 unspecified atom stereocenters. The maximum atomic E-state index is 11.4. The number of hydrogen-bond acceptors (Lipinski definition) is 3. The largest absolute Gasteiger partial charge is 0.383 e. The topological polar surface area (TPSA) is 64.3 Å². The van der Waals surface area contributed by atoms with Crippen LogP contribution in [0.25, 0.3) is 0 Å². The van der Waals surface area contributed by atoms with Crippen molar-refractivity contribution in [3.05, 3.63) is 0 Å². The molecule has 1 aliphatic carbocycles. The van der Waals surface area contributed by atoms with Crippen LogP contribution in [-0.2, 0) is 9.53 Å². The molecule has 1 saturated carbocycles. The molecule has 0 spiro atoms. The van der Waals surface area contributed by atoms with Crippen LogP contribution in [-0.4, -0.2) is 32.2 Å². The summed E-state index contributed by atoms with van der Waals surface area (Å²) >= 11 is 0. The van der Waals surface area contributed by atoms with Crippen LogP contribution in [0.5, 0.6) is 0 Å². The van der Waals surface area contributed by atoms with Crippen LogP contribution in [0.3, 0.4) is 0 Å². The van der Waals surface area contributed by atoms with Gasteiger partial charge in [0.25, 0.3) is 0 Å². The Bertz CT molecular complexity index is 178. The van der Waals surface area contributed by atoms with Gasteiger partial charge >= 0.3 is 0 Å². The number of rotatable bonds is 4. The van der Waals surface area contributed by atoms with E-state index in [1.807, 2.05) is 0 Å². The Hall–Kier alpha value is -0.320. The van der Waals surface area contributed by atoms with E-state index in [0.717, 1.165) is 19.3 Å². The highest BCUT2D eigenvalue weighted by Crippen LogP contribution is 2.23. The second kappa shape index (κ2) is 7.04. The predicted molar refractivity (Wildman–Crippen MR) is 57.5 cm³/mol. The maximum absolute atomic E-state index is 11.4. The molecule has 2 atom stereocenters. The molecular formula is C9H19ClN2O2.